The molecule has 0 aliphatic heterocycles. The standard InChI is InChI=1S/C14H12ClF2N/c1-9-2-5-14(13(17)6-9)18-8-10-3-4-11(16)7-12(10)15/h2-7,18H,8H2,1H3. The first-order valence-corrected chi connectivity index (χ1v) is 5.88. The van der Waals surface area contributed by atoms with E-state index in [0.29, 0.717) is 17.3 Å². The molecule has 0 aromatic heterocycles. The average molecular weight is 268 g/mol. The molecule has 0 aliphatic rings. The summed E-state index contributed by atoms with van der Waals surface area (Å²) in [4.78, 5) is 0. The molecule has 2 aromatic carbocycles. The van der Waals surface area contributed by atoms with Gasteiger partial charge in [0, 0.05) is 11.6 Å². The molecule has 0 unspecified atom stereocenters. The van der Waals surface area contributed by atoms with E-state index in [0.717, 1.165) is 11.1 Å². The van der Waals surface area contributed by atoms with E-state index in [-0.39, 0.29) is 11.6 Å². The quantitative estimate of drug-likeness (QED) is 0.861. The zero-order valence-electron chi connectivity index (χ0n) is 9.81. The fourth-order valence-electron chi connectivity index (χ4n) is 1.62. The predicted molar refractivity (Wildman–Crippen MR) is 69.9 cm³/mol. The van der Waals surface area contributed by atoms with Crippen LogP contribution in [0.15, 0.2) is 36.4 Å². The van der Waals surface area contributed by atoms with E-state index < -0.39 is 0 Å². The van der Waals surface area contributed by atoms with Gasteiger partial charge in [0.2, 0.25) is 0 Å². The van der Waals surface area contributed by atoms with Crippen molar-refractivity contribution in [2.24, 2.45) is 0 Å². The average Bonchev–Trinajstić information content (AvgIpc) is 2.30. The van der Waals surface area contributed by atoms with Crippen molar-refractivity contribution in [1.82, 2.24) is 0 Å². The van der Waals surface area contributed by atoms with E-state index >= 15 is 0 Å². The van der Waals surface area contributed by atoms with Crippen LogP contribution in [0, 0.1) is 18.6 Å². The Kier molecular flexibility index (Phi) is 3.82. The molecular weight excluding hydrogens is 256 g/mol. The summed E-state index contributed by atoms with van der Waals surface area (Å²) in [5.74, 6) is -0.696. The summed E-state index contributed by atoms with van der Waals surface area (Å²) in [6, 6.07) is 9.09. The van der Waals surface area contributed by atoms with E-state index in [1.165, 1.54) is 18.2 Å². The van der Waals surface area contributed by atoms with E-state index in [1.807, 2.05) is 13.0 Å². The molecule has 0 aliphatic carbocycles. The van der Waals surface area contributed by atoms with Gasteiger partial charge in [-0.1, -0.05) is 23.7 Å². The topological polar surface area (TPSA) is 12.0 Å². The predicted octanol–water partition coefficient (Wildman–Crippen LogP) is 4.54. The first-order valence-electron chi connectivity index (χ1n) is 5.50. The largest absolute Gasteiger partial charge is 0.379 e. The van der Waals surface area contributed by atoms with Crippen molar-refractivity contribution in [3.63, 3.8) is 0 Å². The molecule has 2 rings (SSSR count). The minimum Gasteiger partial charge on any atom is -0.379 e. The molecule has 2 aromatic rings. The van der Waals surface area contributed by atoms with Crippen LogP contribution in [0.3, 0.4) is 0 Å². The van der Waals surface area contributed by atoms with Gasteiger partial charge in [-0.2, -0.15) is 0 Å². The number of aryl methyl sites for hydroxylation is 1. The Balaban J connectivity index is 2.11. The molecule has 18 heavy (non-hydrogen) atoms. The van der Waals surface area contributed by atoms with Gasteiger partial charge in [0.1, 0.15) is 11.6 Å². The van der Waals surface area contributed by atoms with Crippen molar-refractivity contribution >= 4 is 17.3 Å². The molecule has 1 N–H and O–H groups in total. The zero-order chi connectivity index (χ0) is 13.1. The summed E-state index contributed by atoms with van der Waals surface area (Å²) in [6.45, 7) is 2.17. The fourth-order valence-corrected chi connectivity index (χ4v) is 1.85. The van der Waals surface area contributed by atoms with Gasteiger partial charge in [-0.05, 0) is 42.3 Å². The van der Waals surface area contributed by atoms with Crippen LogP contribution in [-0.4, -0.2) is 0 Å². The summed E-state index contributed by atoms with van der Waals surface area (Å²) >= 11 is 5.89. The lowest BCUT2D eigenvalue weighted by Gasteiger charge is -2.09. The summed E-state index contributed by atoms with van der Waals surface area (Å²) in [7, 11) is 0. The number of hydrogen-bond acceptors (Lipinski definition) is 1. The van der Waals surface area contributed by atoms with Gasteiger partial charge in [0.05, 0.1) is 5.69 Å². The smallest absolute Gasteiger partial charge is 0.146 e. The summed E-state index contributed by atoms with van der Waals surface area (Å²) in [5, 5.41) is 3.26. The minimum absolute atomic E-state index is 0.312. The van der Waals surface area contributed by atoms with Crippen molar-refractivity contribution in [2.75, 3.05) is 5.32 Å². The summed E-state index contributed by atoms with van der Waals surface area (Å²) in [6.07, 6.45) is 0. The number of anilines is 1. The molecule has 4 heteroatoms. The van der Waals surface area contributed by atoms with Gasteiger partial charge in [0.15, 0.2) is 0 Å². The van der Waals surface area contributed by atoms with Crippen LogP contribution in [0.5, 0.6) is 0 Å². The number of nitrogens with one attached hydrogen (secondary N) is 1. The Morgan fingerprint density at radius 1 is 1.11 bits per heavy atom. The molecule has 1 nitrogen and oxygen atoms in total. The van der Waals surface area contributed by atoms with Crippen LogP contribution in [-0.2, 0) is 6.54 Å². The highest BCUT2D eigenvalue weighted by atomic mass is 35.5. The molecule has 0 heterocycles. The molecule has 0 saturated carbocycles. The second-order valence-corrected chi connectivity index (χ2v) is 4.48. The maximum atomic E-state index is 13.6. The lowest BCUT2D eigenvalue weighted by Crippen LogP contribution is -2.02. The summed E-state index contributed by atoms with van der Waals surface area (Å²) < 4.78 is 26.4. The van der Waals surface area contributed by atoms with Crippen LogP contribution in [0.4, 0.5) is 14.5 Å². The number of hydrogen-bond donors (Lipinski definition) is 1. The monoisotopic (exact) mass is 267 g/mol. The highest BCUT2D eigenvalue weighted by Gasteiger charge is 2.04. The maximum Gasteiger partial charge on any atom is 0.146 e. The van der Waals surface area contributed by atoms with Gasteiger partial charge >= 0.3 is 0 Å². The van der Waals surface area contributed by atoms with Crippen LogP contribution in [0.25, 0.3) is 0 Å². The number of halogens is 3. The van der Waals surface area contributed by atoms with Crippen LogP contribution >= 0.6 is 11.6 Å². The lowest BCUT2D eigenvalue weighted by molar-refractivity contribution is 0.626. The summed E-state index contributed by atoms with van der Waals surface area (Å²) in [5.41, 5.74) is 1.98. The third-order valence-corrected chi connectivity index (χ3v) is 2.96. The van der Waals surface area contributed by atoms with Gasteiger partial charge in [-0.3, -0.25) is 0 Å². The SMILES string of the molecule is Cc1ccc(NCc2ccc(F)cc2Cl)c(F)c1. The van der Waals surface area contributed by atoms with E-state index in [4.69, 9.17) is 11.6 Å². The highest BCUT2D eigenvalue weighted by molar-refractivity contribution is 6.31. The molecule has 0 spiro atoms. The zero-order valence-corrected chi connectivity index (χ0v) is 10.6. The molecule has 0 fully saturated rings. The number of benzene rings is 2. The first-order chi connectivity index (χ1) is 8.56. The van der Waals surface area contributed by atoms with Crippen LogP contribution < -0.4 is 5.32 Å². The Morgan fingerprint density at radius 2 is 1.89 bits per heavy atom. The van der Waals surface area contributed by atoms with Gasteiger partial charge in [0.25, 0.3) is 0 Å². The third-order valence-electron chi connectivity index (χ3n) is 2.61. The second kappa shape index (κ2) is 5.36. The van der Waals surface area contributed by atoms with E-state index in [1.54, 1.807) is 12.1 Å². The highest BCUT2D eigenvalue weighted by Crippen LogP contribution is 2.20. The van der Waals surface area contributed by atoms with E-state index in [2.05, 4.69) is 5.32 Å². The molecular formula is C14H12ClF2N. The minimum atomic E-state index is -0.384. The molecule has 0 bridgehead atoms. The molecule has 0 radical (unpaired) electrons. The van der Waals surface area contributed by atoms with Crippen molar-refractivity contribution in [1.29, 1.82) is 0 Å². The van der Waals surface area contributed by atoms with Crippen molar-refractivity contribution in [3.8, 4) is 0 Å². The van der Waals surface area contributed by atoms with Gasteiger partial charge < -0.3 is 5.32 Å². The Bertz CT molecular complexity index is 518. The lowest BCUT2D eigenvalue weighted by atomic mass is 10.2. The molecule has 0 atom stereocenters. The Morgan fingerprint density at radius 3 is 2.56 bits per heavy atom. The Hall–Kier alpha value is -1.61. The molecule has 0 amide bonds. The second-order valence-electron chi connectivity index (χ2n) is 4.07. The Labute approximate surface area is 109 Å². The van der Waals surface area contributed by atoms with Gasteiger partial charge in [-0.15, -0.1) is 0 Å². The van der Waals surface area contributed by atoms with Gasteiger partial charge in [-0.25, -0.2) is 8.78 Å². The van der Waals surface area contributed by atoms with Crippen molar-refractivity contribution < 1.29 is 8.78 Å². The third kappa shape index (κ3) is 2.99. The normalized spacial score (nSPS) is 10.4. The maximum absolute atomic E-state index is 13.6. The van der Waals surface area contributed by atoms with Crippen molar-refractivity contribution in [2.45, 2.75) is 13.5 Å². The van der Waals surface area contributed by atoms with Crippen LogP contribution in [0.2, 0.25) is 5.02 Å². The number of rotatable bonds is 3. The fraction of sp³-hybridized carbons (Fsp3) is 0.143. The van der Waals surface area contributed by atoms with E-state index in [9.17, 15) is 8.78 Å². The van der Waals surface area contributed by atoms with Crippen LogP contribution in [0.1, 0.15) is 11.1 Å². The first kappa shape index (κ1) is 12.8. The van der Waals surface area contributed by atoms with Crippen molar-refractivity contribution in [3.05, 3.63) is 64.2 Å². The molecule has 0 saturated heterocycles. The molecule has 94 valence electrons.